The molecule has 2 aliphatic carbocycles. The van der Waals surface area contributed by atoms with Gasteiger partial charge >= 0.3 is 0 Å². The second-order valence-electron chi connectivity index (χ2n) is 12.4. The summed E-state index contributed by atoms with van der Waals surface area (Å²) in [6.45, 7) is 12.2. The van der Waals surface area contributed by atoms with E-state index in [0.717, 1.165) is 18.6 Å². The van der Waals surface area contributed by atoms with Gasteiger partial charge in [-0.05, 0) is 85.4 Å². The van der Waals surface area contributed by atoms with Crippen LogP contribution in [0.4, 0.5) is 11.4 Å². The Kier molecular flexibility index (Phi) is 5.39. The van der Waals surface area contributed by atoms with Crippen LogP contribution in [0, 0.1) is 24.7 Å². The molecule has 0 bridgehead atoms. The highest BCUT2D eigenvalue weighted by molar-refractivity contribution is 7.99. The minimum atomic E-state index is -0.0205. The van der Waals surface area contributed by atoms with Crippen LogP contribution in [0.25, 0.3) is 0 Å². The number of rotatable bonds is 3. The van der Waals surface area contributed by atoms with E-state index in [1.807, 2.05) is 11.8 Å². The molecule has 3 heteroatoms. The molecule has 3 heterocycles. The van der Waals surface area contributed by atoms with Crippen molar-refractivity contribution in [1.29, 1.82) is 0 Å². The van der Waals surface area contributed by atoms with Gasteiger partial charge in [-0.15, -0.1) is 11.8 Å². The Balaban J connectivity index is 1.42. The average molecular weight is 507 g/mol. The third-order valence-corrected chi connectivity index (χ3v) is 11.2. The van der Waals surface area contributed by atoms with Crippen LogP contribution < -0.4 is 10.2 Å². The summed E-state index contributed by atoms with van der Waals surface area (Å²) in [6, 6.07) is 14.0. The van der Waals surface area contributed by atoms with Crippen molar-refractivity contribution in [3.05, 3.63) is 87.8 Å². The third kappa shape index (κ3) is 3.34. The van der Waals surface area contributed by atoms with E-state index in [4.69, 9.17) is 0 Å². The van der Waals surface area contributed by atoms with Crippen molar-refractivity contribution in [2.45, 2.75) is 82.3 Å². The molecule has 2 aromatic rings. The molecule has 0 aromatic heterocycles. The second-order valence-corrected chi connectivity index (χ2v) is 13.4. The highest BCUT2D eigenvalue weighted by atomic mass is 32.2. The zero-order valence-corrected chi connectivity index (χ0v) is 23.6. The molecule has 0 spiro atoms. The summed E-state index contributed by atoms with van der Waals surface area (Å²) in [6.07, 6.45) is 8.51. The van der Waals surface area contributed by atoms with Crippen LogP contribution in [0.15, 0.2) is 76.1 Å². The molecule has 7 rings (SSSR count). The minimum absolute atomic E-state index is 0.0205. The van der Waals surface area contributed by atoms with Gasteiger partial charge in [-0.1, -0.05) is 68.1 Å². The molecule has 6 atom stereocenters. The first-order valence-corrected chi connectivity index (χ1v) is 15.2. The molecule has 190 valence electrons. The molecule has 3 aliphatic heterocycles. The lowest BCUT2D eigenvalue weighted by Gasteiger charge is -2.59. The molecule has 2 nitrogen and oxygen atoms in total. The number of allylic oxidation sites excluding steroid dienone is 3. The van der Waals surface area contributed by atoms with Crippen molar-refractivity contribution >= 4 is 23.1 Å². The van der Waals surface area contributed by atoms with E-state index >= 15 is 0 Å². The average Bonchev–Trinajstić information content (AvgIpc) is 3.49. The Morgan fingerprint density at radius 1 is 1.16 bits per heavy atom. The summed E-state index contributed by atoms with van der Waals surface area (Å²) in [4.78, 5) is 4.34. The summed E-state index contributed by atoms with van der Waals surface area (Å²) in [7, 11) is 0. The molecule has 0 saturated heterocycles. The number of hydrogen-bond acceptors (Lipinski definition) is 3. The molecule has 0 amide bonds. The van der Waals surface area contributed by atoms with Gasteiger partial charge in [-0.25, -0.2) is 0 Å². The van der Waals surface area contributed by atoms with E-state index in [1.165, 1.54) is 45.0 Å². The summed E-state index contributed by atoms with van der Waals surface area (Å²) < 4.78 is 0. The lowest BCUT2D eigenvalue weighted by molar-refractivity contribution is 0.180. The van der Waals surface area contributed by atoms with Crippen molar-refractivity contribution in [2.24, 2.45) is 17.8 Å². The van der Waals surface area contributed by atoms with Crippen LogP contribution in [-0.2, 0) is 0 Å². The maximum Gasteiger partial charge on any atom is 0.108 e. The largest absolute Gasteiger partial charge is 0.363 e. The molecule has 37 heavy (non-hydrogen) atoms. The van der Waals surface area contributed by atoms with Crippen LogP contribution in [0.5, 0.6) is 0 Å². The molecule has 0 saturated carbocycles. The van der Waals surface area contributed by atoms with Gasteiger partial charge < -0.3 is 10.2 Å². The van der Waals surface area contributed by atoms with Crippen molar-refractivity contribution in [2.75, 3.05) is 16.0 Å². The van der Waals surface area contributed by atoms with Gasteiger partial charge in [0.15, 0.2) is 0 Å². The highest BCUT2D eigenvalue weighted by Crippen LogP contribution is 2.62. The van der Waals surface area contributed by atoms with Gasteiger partial charge in [0.2, 0.25) is 0 Å². The number of para-hydroxylation sites is 1. The van der Waals surface area contributed by atoms with E-state index in [2.05, 4.69) is 105 Å². The van der Waals surface area contributed by atoms with Crippen LogP contribution in [0.2, 0.25) is 0 Å². The molecule has 0 fully saturated rings. The highest BCUT2D eigenvalue weighted by Gasteiger charge is 2.58. The first-order chi connectivity index (χ1) is 17.9. The molecular formula is C34H38N2S. The quantitative estimate of drug-likeness (QED) is 0.331. The molecular weight excluding hydrogens is 468 g/mol. The number of anilines is 2. The zero-order valence-electron chi connectivity index (χ0n) is 22.8. The maximum atomic E-state index is 4.09. The SMILES string of the molecule is Cc1ccc2c(c1)[C@H](C1Nc3cccc4c3N1C1(C)C(=CC(C3=C=C=CCC3)C[C@H]1C(C)C)C4C)CS2. The Morgan fingerprint density at radius 3 is 2.81 bits per heavy atom. The zero-order chi connectivity index (χ0) is 25.5. The van der Waals surface area contributed by atoms with Crippen molar-refractivity contribution in [3.63, 3.8) is 0 Å². The number of nitrogens with one attached hydrogen (secondary N) is 1. The second kappa shape index (κ2) is 8.47. The summed E-state index contributed by atoms with van der Waals surface area (Å²) >= 11 is 2.04. The normalized spacial score (nSPS) is 33.0. The van der Waals surface area contributed by atoms with Gasteiger partial charge in [-0.3, -0.25) is 0 Å². The van der Waals surface area contributed by atoms with Gasteiger partial charge in [0.25, 0.3) is 0 Å². The molecule has 5 aliphatic rings. The fourth-order valence-corrected chi connectivity index (χ4v) is 9.53. The summed E-state index contributed by atoms with van der Waals surface area (Å²) in [5.74, 6) is 3.65. The van der Waals surface area contributed by atoms with Crippen molar-refractivity contribution in [1.82, 2.24) is 0 Å². The van der Waals surface area contributed by atoms with Crippen LogP contribution >= 0.6 is 11.8 Å². The van der Waals surface area contributed by atoms with Crippen molar-refractivity contribution in [3.8, 4) is 0 Å². The maximum absolute atomic E-state index is 4.09. The van der Waals surface area contributed by atoms with Crippen molar-refractivity contribution < 1.29 is 0 Å². The lowest BCUT2D eigenvalue weighted by atomic mass is 9.58. The predicted octanol–water partition coefficient (Wildman–Crippen LogP) is 8.57. The van der Waals surface area contributed by atoms with Gasteiger partial charge in [0.1, 0.15) is 6.17 Å². The Labute approximate surface area is 226 Å². The Hall–Kier alpha value is -2.57. The van der Waals surface area contributed by atoms with Gasteiger partial charge in [0.05, 0.1) is 16.9 Å². The van der Waals surface area contributed by atoms with E-state index in [1.54, 1.807) is 5.57 Å². The van der Waals surface area contributed by atoms with E-state index in [9.17, 15) is 0 Å². The number of aryl methyl sites for hydroxylation is 1. The summed E-state index contributed by atoms with van der Waals surface area (Å²) in [5.41, 5.74) is 17.1. The van der Waals surface area contributed by atoms with E-state index in [0.29, 0.717) is 29.6 Å². The van der Waals surface area contributed by atoms with Crippen LogP contribution in [0.3, 0.4) is 0 Å². The molecule has 1 N–H and O–H groups in total. The number of benzene rings is 2. The fourth-order valence-electron chi connectivity index (χ4n) is 8.27. The Bertz CT molecular complexity index is 1420. The number of hydrogen-bond donors (Lipinski definition) is 1. The van der Waals surface area contributed by atoms with Crippen LogP contribution in [-0.4, -0.2) is 17.5 Å². The fraction of sp³-hybridized carbons (Fsp3) is 0.471. The minimum Gasteiger partial charge on any atom is -0.363 e. The molecule has 4 unspecified atom stereocenters. The Morgan fingerprint density at radius 2 is 2.03 bits per heavy atom. The number of fused-ring (bicyclic) bond motifs is 3. The standard InChI is InChI=1S/C34H38N2S/c1-20(2)28-17-24(23-10-7-6-8-11-23)18-29-22(4)25-12-9-13-30-32(25)36(34(28,29)5)33(35-30)27-19-37-31-15-14-21(3)16-26(27)31/h6,9,12-16,18,20,22,24,27-28,33,35H,7,10,17,19H2,1-5H3/t22?,24?,27-,28+,33?,34?/m1/s1. The number of nitrogens with zero attached hydrogens (tertiary/aromatic N) is 1. The van der Waals surface area contributed by atoms with E-state index in [-0.39, 0.29) is 11.7 Å². The topological polar surface area (TPSA) is 15.3 Å². The van der Waals surface area contributed by atoms with E-state index < -0.39 is 0 Å². The first kappa shape index (κ1) is 23.5. The monoisotopic (exact) mass is 506 g/mol. The van der Waals surface area contributed by atoms with Gasteiger partial charge in [0, 0.05) is 28.4 Å². The smallest absolute Gasteiger partial charge is 0.108 e. The first-order valence-electron chi connectivity index (χ1n) is 14.2. The third-order valence-electron chi connectivity index (χ3n) is 10.0. The number of thioether (sulfide) groups is 1. The predicted molar refractivity (Wildman–Crippen MR) is 157 cm³/mol. The summed E-state index contributed by atoms with van der Waals surface area (Å²) in [5, 5.41) is 4.09. The van der Waals surface area contributed by atoms with Crippen LogP contribution in [0.1, 0.15) is 75.5 Å². The molecule has 0 radical (unpaired) electrons. The van der Waals surface area contributed by atoms with Gasteiger partial charge in [-0.2, -0.15) is 0 Å². The lowest BCUT2D eigenvalue weighted by Crippen LogP contribution is -2.63. The molecule has 2 aromatic carbocycles.